The Morgan fingerprint density at radius 1 is 1.06 bits per heavy atom. The van der Waals surface area contributed by atoms with Crippen molar-refractivity contribution in [2.24, 2.45) is 5.92 Å². The number of hydrogen-bond acceptors (Lipinski definition) is 3. The van der Waals surface area contributed by atoms with Crippen LogP contribution in [0.1, 0.15) is 71.3 Å². The third-order valence-electron chi connectivity index (χ3n) is 7.41. The van der Waals surface area contributed by atoms with Gasteiger partial charge in [0.05, 0.1) is 0 Å². The average molecular weight is 471 g/mol. The number of amides is 4. The summed E-state index contributed by atoms with van der Waals surface area (Å²) in [4.78, 5) is 42.6. The topological polar surface area (TPSA) is 81.8 Å². The summed E-state index contributed by atoms with van der Waals surface area (Å²) in [6.45, 7) is 7.55. The molecule has 2 fully saturated rings. The van der Waals surface area contributed by atoms with Crippen LogP contribution in [0.4, 0.5) is 4.79 Å². The van der Waals surface area contributed by atoms with E-state index in [4.69, 9.17) is 0 Å². The summed E-state index contributed by atoms with van der Waals surface area (Å²) in [7, 11) is 0. The lowest BCUT2D eigenvalue weighted by Gasteiger charge is -2.42. The summed E-state index contributed by atoms with van der Waals surface area (Å²) >= 11 is 0. The second kappa shape index (κ2) is 12.8. The van der Waals surface area contributed by atoms with Crippen LogP contribution >= 0.6 is 0 Å². The predicted octanol–water partition coefficient (Wildman–Crippen LogP) is 3.73. The zero-order valence-electron chi connectivity index (χ0n) is 21.1. The van der Waals surface area contributed by atoms with E-state index in [1.54, 1.807) is 0 Å². The van der Waals surface area contributed by atoms with E-state index in [-0.39, 0.29) is 35.8 Å². The molecule has 0 aromatic heterocycles. The molecule has 2 aliphatic rings. The van der Waals surface area contributed by atoms with E-state index >= 15 is 0 Å². The van der Waals surface area contributed by atoms with Crippen LogP contribution in [0.15, 0.2) is 30.3 Å². The normalized spacial score (nSPS) is 21.0. The lowest BCUT2D eigenvalue weighted by molar-refractivity contribution is -0.140. The fourth-order valence-corrected chi connectivity index (χ4v) is 4.99. The van der Waals surface area contributed by atoms with E-state index < -0.39 is 6.04 Å². The van der Waals surface area contributed by atoms with Gasteiger partial charge < -0.3 is 20.4 Å². The van der Waals surface area contributed by atoms with Gasteiger partial charge in [0.25, 0.3) is 0 Å². The van der Waals surface area contributed by atoms with Gasteiger partial charge in [0.15, 0.2) is 0 Å². The van der Waals surface area contributed by atoms with E-state index in [0.29, 0.717) is 32.5 Å². The fraction of sp³-hybridized carbons (Fsp3) is 0.667. The highest BCUT2D eigenvalue weighted by atomic mass is 16.2. The average Bonchev–Trinajstić information content (AvgIpc) is 2.86. The minimum Gasteiger partial charge on any atom is -0.344 e. The molecule has 4 amide bonds. The lowest BCUT2D eigenvalue weighted by atomic mass is 9.95. The Hall–Kier alpha value is -2.57. The van der Waals surface area contributed by atoms with Gasteiger partial charge in [-0.1, -0.05) is 69.9 Å². The molecule has 7 heteroatoms. The van der Waals surface area contributed by atoms with Crippen molar-refractivity contribution in [3.63, 3.8) is 0 Å². The summed E-state index contributed by atoms with van der Waals surface area (Å²) < 4.78 is 0. The maximum atomic E-state index is 13.4. The van der Waals surface area contributed by atoms with Crippen LogP contribution in [0.3, 0.4) is 0 Å². The van der Waals surface area contributed by atoms with Crippen molar-refractivity contribution in [3.8, 4) is 0 Å². The quantitative estimate of drug-likeness (QED) is 0.607. The molecule has 1 aromatic carbocycles. The molecule has 1 aliphatic carbocycles. The van der Waals surface area contributed by atoms with Crippen LogP contribution in [-0.2, 0) is 16.0 Å². The first-order valence-corrected chi connectivity index (χ1v) is 13.1. The molecular formula is C27H42N4O3. The number of piperazine rings is 1. The number of benzene rings is 1. The Kier molecular flexibility index (Phi) is 9.78. The largest absolute Gasteiger partial charge is 0.344 e. The van der Waals surface area contributed by atoms with Gasteiger partial charge >= 0.3 is 6.03 Å². The van der Waals surface area contributed by atoms with Crippen molar-refractivity contribution >= 4 is 17.8 Å². The predicted molar refractivity (Wildman–Crippen MR) is 134 cm³/mol. The number of aryl methyl sites for hydroxylation is 1. The standard InChI is InChI=1S/C27H42N4O3/c1-4-20(2)25(29-24(32)16-15-22-11-7-5-8-12-22)26(33)30-17-18-31(21(3)19-30)27(34)28-23-13-9-6-10-14-23/h5,7-8,11-12,20-21,23,25H,4,6,9-10,13-19H2,1-3H3,(H,28,34)(H,29,32). The molecule has 3 atom stereocenters. The van der Waals surface area contributed by atoms with Gasteiger partial charge in [-0.15, -0.1) is 0 Å². The second-order valence-electron chi connectivity index (χ2n) is 10.0. The van der Waals surface area contributed by atoms with Crippen LogP contribution < -0.4 is 10.6 Å². The molecule has 1 aromatic rings. The van der Waals surface area contributed by atoms with Gasteiger partial charge in [-0.05, 0) is 37.7 Å². The minimum atomic E-state index is -0.539. The number of hydrogen-bond donors (Lipinski definition) is 2. The van der Waals surface area contributed by atoms with E-state index in [1.807, 2.05) is 60.9 Å². The first-order chi connectivity index (χ1) is 16.4. The molecule has 34 heavy (non-hydrogen) atoms. The molecule has 0 radical (unpaired) electrons. The van der Waals surface area contributed by atoms with Gasteiger partial charge in [0.1, 0.15) is 6.04 Å². The van der Waals surface area contributed by atoms with Crippen molar-refractivity contribution in [3.05, 3.63) is 35.9 Å². The van der Waals surface area contributed by atoms with Crippen molar-refractivity contribution < 1.29 is 14.4 Å². The molecule has 7 nitrogen and oxygen atoms in total. The minimum absolute atomic E-state index is 0.0146. The Labute approximate surface area is 204 Å². The summed E-state index contributed by atoms with van der Waals surface area (Å²) in [5.41, 5.74) is 1.11. The highest BCUT2D eigenvalue weighted by Gasteiger charge is 2.35. The van der Waals surface area contributed by atoms with E-state index in [1.165, 1.54) is 19.3 Å². The Balaban J connectivity index is 1.53. The Morgan fingerprint density at radius 3 is 2.41 bits per heavy atom. The van der Waals surface area contributed by atoms with Crippen molar-refractivity contribution in [2.75, 3.05) is 19.6 Å². The molecular weight excluding hydrogens is 428 g/mol. The smallest absolute Gasteiger partial charge is 0.317 e. The number of rotatable bonds is 8. The Morgan fingerprint density at radius 2 is 1.76 bits per heavy atom. The third-order valence-corrected chi connectivity index (χ3v) is 7.41. The molecule has 0 bridgehead atoms. The second-order valence-corrected chi connectivity index (χ2v) is 10.0. The molecule has 1 saturated heterocycles. The van der Waals surface area contributed by atoms with Crippen LogP contribution in [0, 0.1) is 5.92 Å². The molecule has 1 heterocycles. The molecule has 3 unspecified atom stereocenters. The number of nitrogens with one attached hydrogen (secondary N) is 2. The number of nitrogens with zero attached hydrogens (tertiary/aromatic N) is 2. The Bertz CT molecular complexity index is 809. The monoisotopic (exact) mass is 470 g/mol. The number of urea groups is 1. The van der Waals surface area contributed by atoms with Crippen molar-refractivity contribution in [1.29, 1.82) is 0 Å². The first-order valence-electron chi connectivity index (χ1n) is 13.1. The summed E-state index contributed by atoms with van der Waals surface area (Å²) in [6.07, 6.45) is 7.53. The molecule has 1 saturated carbocycles. The molecule has 188 valence electrons. The van der Waals surface area contributed by atoms with Gasteiger partial charge in [-0.3, -0.25) is 9.59 Å². The van der Waals surface area contributed by atoms with E-state index in [0.717, 1.165) is 24.8 Å². The van der Waals surface area contributed by atoms with Crippen LogP contribution in [0.5, 0.6) is 0 Å². The first kappa shape index (κ1) is 26.0. The fourth-order valence-electron chi connectivity index (χ4n) is 4.99. The molecule has 2 N–H and O–H groups in total. The van der Waals surface area contributed by atoms with Crippen molar-refractivity contribution in [1.82, 2.24) is 20.4 Å². The highest BCUT2D eigenvalue weighted by molar-refractivity contribution is 5.88. The van der Waals surface area contributed by atoms with Crippen molar-refractivity contribution in [2.45, 2.75) is 90.3 Å². The van der Waals surface area contributed by atoms with Crippen LogP contribution in [-0.4, -0.2) is 65.4 Å². The van der Waals surface area contributed by atoms with E-state index in [9.17, 15) is 14.4 Å². The van der Waals surface area contributed by atoms with Gasteiger partial charge in [-0.2, -0.15) is 0 Å². The van der Waals surface area contributed by atoms with Gasteiger partial charge in [0.2, 0.25) is 11.8 Å². The number of carbonyl (C=O) groups is 3. The van der Waals surface area contributed by atoms with Crippen LogP contribution in [0.2, 0.25) is 0 Å². The summed E-state index contributed by atoms with van der Waals surface area (Å²) in [5, 5.41) is 6.21. The zero-order chi connectivity index (χ0) is 24.5. The highest BCUT2D eigenvalue weighted by Crippen LogP contribution is 2.19. The molecule has 1 aliphatic heterocycles. The zero-order valence-corrected chi connectivity index (χ0v) is 21.1. The molecule has 0 spiro atoms. The number of carbonyl (C=O) groups excluding carboxylic acids is 3. The summed E-state index contributed by atoms with van der Waals surface area (Å²) in [6, 6.07) is 9.57. The summed E-state index contributed by atoms with van der Waals surface area (Å²) in [5.74, 6) is -0.0984. The molecule has 3 rings (SSSR count). The SMILES string of the molecule is CCC(C)C(NC(=O)CCc1ccccc1)C(=O)N1CCN(C(=O)NC2CCCCC2)C(C)C1. The van der Waals surface area contributed by atoms with Crippen LogP contribution in [0.25, 0.3) is 0 Å². The van der Waals surface area contributed by atoms with Gasteiger partial charge in [-0.25, -0.2) is 4.79 Å². The third kappa shape index (κ3) is 7.21. The van der Waals surface area contributed by atoms with Gasteiger partial charge in [0, 0.05) is 38.1 Å². The maximum Gasteiger partial charge on any atom is 0.317 e. The lowest BCUT2D eigenvalue weighted by Crippen LogP contribution is -2.61. The maximum absolute atomic E-state index is 13.4. The van der Waals surface area contributed by atoms with E-state index in [2.05, 4.69) is 10.6 Å².